The Kier molecular flexibility index (Phi) is 4.74. The Balaban J connectivity index is 1.79. The van der Waals surface area contributed by atoms with E-state index in [1.807, 2.05) is 18.3 Å². The molecule has 1 N–H and O–H groups in total. The summed E-state index contributed by atoms with van der Waals surface area (Å²) in [5.41, 5.74) is 1.17. The summed E-state index contributed by atoms with van der Waals surface area (Å²) in [5.74, 6) is 0. The second-order valence-corrected chi connectivity index (χ2v) is 4.77. The lowest BCUT2D eigenvalue weighted by molar-refractivity contribution is 0.00883. The maximum absolute atomic E-state index is 5.75. The van der Waals surface area contributed by atoms with E-state index in [1.54, 1.807) is 0 Å². The molecule has 1 unspecified atom stereocenters. The Morgan fingerprint density at radius 1 is 1.59 bits per heavy atom. The molecule has 0 radical (unpaired) electrons. The second-order valence-electron chi connectivity index (χ2n) is 4.38. The first-order chi connectivity index (χ1) is 8.24. The number of morpholine rings is 1. The SMILES string of the molecule is CN(Cc1ccc(Cl)nc1)CC1CNCCO1. The molecule has 1 aromatic heterocycles. The molecule has 4 nitrogen and oxygen atoms in total. The molecule has 0 aromatic carbocycles. The smallest absolute Gasteiger partial charge is 0.129 e. The molecule has 94 valence electrons. The van der Waals surface area contributed by atoms with Crippen LogP contribution in [-0.4, -0.2) is 49.3 Å². The van der Waals surface area contributed by atoms with Crippen molar-refractivity contribution in [3.05, 3.63) is 29.0 Å². The topological polar surface area (TPSA) is 37.4 Å². The molecular formula is C12H18ClN3O. The van der Waals surface area contributed by atoms with Crippen molar-refractivity contribution in [3.63, 3.8) is 0 Å². The van der Waals surface area contributed by atoms with E-state index in [9.17, 15) is 0 Å². The van der Waals surface area contributed by atoms with E-state index in [0.717, 1.165) is 32.8 Å². The zero-order chi connectivity index (χ0) is 12.1. The van der Waals surface area contributed by atoms with Crippen molar-refractivity contribution >= 4 is 11.6 Å². The standard InChI is InChI=1S/C12H18ClN3O/c1-16(9-11-7-14-4-5-17-11)8-10-2-3-12(13)15-6-10/h2-3,6,11,14H,4-5,7-9H2,1H3. The second kappa shape index (κ2) is 6.31. The fourth-order valence-corrected chi connectivity index (χ4v) is 2.07. The summed E-state index contributed by atoms with van der Waals surface area (Å²) in [6.45, 7) is 4.49. The van der Waals surface area contributed by atoms with Gasteiger partial charge in [-0.3, -0.25) is 4.90 Å². The fraction of sp³-hybridized carbons (Fsp3) is 0.583. The average molecular weight is 256 g/mol. The van der Waals surface area contributed by atoms with Crippen LogP contribution in [0.5, 0.6) is 0 Å². The van der Waals surface area contributed by atoms with Gasteiger partial charge in [-0.2, -0.15) is 0 Å². The summed E-state index contributed by atoms with van der Waals surface area (Å²) < 4.78 is 5.66. The summed E-state index contributed by atoms with van der Waals surface area (Å²) in [7, 11) is 2.09. The fourth-order valence-electron chi connectivity index (χ4n) is 1.96. The molecule has 1 atom stereocenters. The Labute approximate surface area is 107 Å². The highest BCUT2D eigenvalue weighted by atomic mass is 35.5. The van der Waals surface area contributed by atoms with E-state index in [4.69, 9.17) is 16.3 Å². The predicted octanol–water partition coefficient (Wildman–Crippen LogP) is 1.16. The summed E-state index contributed by atoms with van der Waals surface area (Å²) in [6, 6.07) is 3.83. The number of pyridine rings is 1. The van der Waals surface area contributed by atoms with Crippen LogP contribution in [0, 0.1) is 0 Å². The lowest BCUT2D eigenvalue weighted by Crippen LogP contribution is -2.44. The molecule has 0 saturated carbocycles. The van der Waals surface area contributed by atoms with Crippen LogP contribution < -0.4 is 5.32 Å². The molecule has 2 rings (SSSR count). The van der Waals surface area contributed by atoms with E-state index >= 15 is 0 Å². The van der Waals surface area contributed by atoms with Gasteiger partial charge in [-0.1, -0.05) is 17.7 Å². The lowest BCUT2D eigenvalue weighted by Gasteiger charge is -2.27. The number of likely N-dealkylation sites (N-methyl/N-ethyl adjacent to an activating group) is 1. The number of halogens is 1. The van der Waals surface area contributed by atoms with Gasteiger partial charge < -0.3 is 10.1 Å². The highest BCUT2D eigenvalue weighted by Crippen LogP contribution is 2.08. The first-order valence-corrected chi connectivity index (χ1v) is 6.23. The Hall–Kier alpha value is -0.680. The van der Waals surface area contributed by atoms with Crippen molar-refractivity contribution in [3.8, 4) is 0 Å². The molecule has 1 fully saturated rings. The molecule has 2 heterocycles. The molecule has 0 spiro atoms. The highest BCUT2D eigenvalue weighted by Gasteiger charge is 2.15. The molecule has 5 heteroatoms. The number of aromatic nitrogens is 1. The normalized spacial score (nSPS) is 20.8. The van der Waals surface area contributed by atoms with Crippen LogP contribution in [0.15, 0.2) is 18.3 Å². The molecule has 0 bridgehead atoms. The van der Waals surface area contributed by atoms with Crippen molar-refractivity contribution in [1.82, 2.24) is 15.2 Å². The van der Waals surface area contributed by atoms with Gasteiger partial charge in [0.15, 0.2) is 0 Å². The van der Waals surface area contributed by atoms with Crippen LogP contribution in [0.2, 0.25) is 5.15 Å². The Morgan fingerprint density at radius 2 is 2.47 bits per heavy atom. The molecule has 0 aliphatic carbocycles. The van der Waals surface area contributed by atoms with Crippen molar-refractivity contribution in [1.29, 1.82) is 0 Å². The van der Waals surface area contributed by atoms with Gasteiger partial charge in [0.25, 0.3) is 0 Å². The summed E-state index contributed by atoms with van der Waals surface area (Å²) in [5, 5.41) is 3.87. The van der Waals surface area contributed by atoms with Crippen LogP contribution in [-0.2, 0) is 11.3 Å². The van der Waals surface area contributed by atoms with Gasteiger partial charge in [-0.05, 0) is 18.7 Å². The van der Waals surface area contributed by atoms with Gasteiger partial charge in [0, 0.05) is 32.4 Å². The molecule has 17 heavy (non-hydrogen) atoms. The van der Waals surface area contributed by atoms with E-state index in [2.05, 4.69) is 22.2 Å². The van der Waals surface area contributed by atoms with E-state index in [1.165, 1.54) is 5.56 Å². The maximum Gasteiger partial charge on any atom is 0.129 e. The first-order valence-electron chi connectivity index (χ1n) is 5.85. The van der Waals surface area contributed by atoms with Gasteiger partial charge in [0.2, 0.25) is 0 Å². The number of nitrogens with zero attached hydrogens (tertiary/aromatic N) is 2. The predicted molar refractivity (Wildman–Crippen MR) is 68.2 cm³/mol. The van der Waals surface area contributed by atoms with Gasteiger partial charge in [-0.25, -0.2) is 4.98 Å². The zero-order valence-corrected chi connectivity index (χ0v) is 10.8. The minimum Gasteiger partial charge on any atom is -0.374 e. The number of ether oxygens (including phenoxy) is 1. The molecule has 1 aromatic rings. The van der Waals surface area contributed by atoms with Crippen LogP contribution in [0.25, 0.3) is 0 Å². The third kappa shape index (κ3) is 4.24. The molecular weight excluding hydrogens is 238 g/mol. The van der Waals surface area contributed by atoms with Crippen LogP contribution in [0.1, 0.15) is 5.56 Å². The van der Waals surface area contributed by atoms with E-state index in [-0.39, 0.29) is 6.10 Å². The minimum atomic E-state index is 0.286. The monoisotopic (exact) mass is 255 g/mol. The number of hydrogen-bond donors (Lipinski definition) is 1. The van der Waals surface area contributed by atoms with Gasteiger partial charge in [-0.15, -0.1) is 0 Å². The van der Waals surface area contributed by atoms with E-state index < -0.39 is 0 Å². The van der Waals surface area contributed by atoms with Crippen molar-refractivity contribution in [2.24, 2.45) is 0 Å². The molecule has 1 saturated heterocycles. The Morgan fingerprint density at radius 3 is 3.12 bits per heavy atom. The largest absolute Gasteiger partial charge is 0.374 e. The lowest BCUT2D eigenvalue weighted by atomic mass is 10.2. The highest BCUT2D eigenvalue weighted by molar-refractivity contribution is 6.29. The summed E-state index contributed by atoms with van der Waals surface area (Å²) in [6.07, 6.45) is 2.10. The van der Waals surface area contributed by atoms with Crippen LogP contribution in [0.3, 0.4) is 0 Å². The number of hydrogen-bond acceptors (Lipinski definition) is 4. The quantitative estimate of drug-likeness (QED) is 0.820. The maximum atomic E-state index is 5.75. The van der Waals surface area contributed by atoms with Crippen molar-refractivity contribution in [2.75, 3.05) is 33.3 Å². The van der Waals surface area contributed by atoms with Gasteiger partial charge in [0.1, 0.15) is 5.15 Å². The first kappa shape index (κ1) is 12.8. The zero-order valence-electron chi connectivity index (χ0n) is 10.0. The Bertz CT molecular complexity index is 338. The number of nitrogens with one attached hydrogen (secondary N) is 1. The summed E-state index contributed by atoms with van der Waals surface area (Å²) >= 11 is 5.75. The average Bonchev–Trinajstić information content (AvgIpc) is 2.33. The number of rotatable bonds is 4. The van der Waals surface area contributed by atoms with E-state index in [0.29, 0.717) is 5.15 Å². The van der Waals surface area contributed by atoms with Gasteiger partial charge in [0.05, 0.1) is 12.7 Å². The van der Waals surface area contributed by atoms with Crippen LogP contribution in [0.4, 0.5) is 0 Å². The molecule has 1 aliphatic heterocycles. The third-order valence-corrected chi connectivity index (χ3v) is 2.98. The summed E-state index contributed by atoms with van der Waals surface area (Å²) in [4.78, 5) is 6.31. The van der Waals surface area contributed by atoms with Crippen molar-refractivity contribution in [2.45, 2.75) is 12.6 Å². The third-order valence-electron chi connectivity index (χ3n) is 2.76. The molecule has 1 aliphatic rings. The van der Waals surface area contributed by atoms with Crippen molar-refractivity contribution < 1.29 is 4.74 Å². The van der Waals surface area contributed by atoms with Crippen LogP contribution >= 0.6 is 11.6 Å². The van der Waals surface area contributed by atoms with Gasteiger partial charge >= 0.3 is 0 Å². The minimum absolute atomic E-state index is 0.286. The molecule has 0 amide bonds.